The Morgan fingerprint density at radius 1 is 1.29 bits per heavy atom. The highest BCUT2D eigenvalue weighted by molar-refractivity contribution is 5.21. The molecule has 0 amide bonds. The van der Waals surface area contributed by atoms with Crippen molar-refractivity contribution >= 4 is 0 Å². The van der Waals surface area contributed by atoms with Gasteiger partial charge in [-0.25, -0.2) is 0 Å². The molecule has 94 valence electrons. The van der Waals surface area contributed by atoms with Crippen LogP contribution in [0.4, 0.5) is 0 Å². The van der Waals surface area contributed by atoms with Gasteiger partial charge in [0, 0.05) is 32.2 Å². The number of nitrogens with zero attached hydrogens (tertiary/aromatic N) is 1. The number of nitrogens with one attached hydrogen (secondary N) is 1. The summed E-state index contributed by atoms with van der Waals surface area (Å²) in [5, 5.41) is 3.60. The summed E-state index contributed by atoms with van der Waals surface area (Å²) in [6.45, 7) is 9.01. The molecule has 2 heteroatoms. The number of hydrogen-bond donors (Lipinski definition) is 1. The summed E-state index contributed by atoms with van der Waals surface area (Å²) in [7, 11) is 0. The van der Waals surface area contributed by atoms with Gasteiger partial charge in [-0.1, -0.05) is 43.2 Å². The zero-order valence-electron chi connectivity index (χ0n) is 11.1. The van der Waals surface area contributed by atoms with Gasteiger partial charge in [0.1, 0.15) is 0 Å². The molecule has 0 saturated carbocycles. The van der Waals surface area contributed by atoms with E-state index in [1.165, 1.54) is 37.1 Å². The first-order valence-corrected chi connectivity index (χ1v) is 6.79. The second-order valence-electron chi connectivity index (χ2n) is 5.16. The minimum atomic E-state index is 0.694. The van der Waals surface area contributed by atoms with Crippen molar-refractivity contribution in [3.63, 3.8) is 0 Å². The SMILES string of the molecule is CCCC1CN(Cc2ccc(C)cc2)CCN1. The van der Waals surface area contributed by atoms with Crippen molar-refractivity contribution in [3.8, 4) is 0 Å². The van der Waals surface area contributed by atoms with Crippen LogP contribution in [0.15, 0.2) is 24.3 Å². The number of hydrogen-bond acceptors (Lipinski definition) is 2. The van der Waals surface area contributed by atoms with Crippen molar-refractivity contribution in [1.29, 1.82) is 0 Å². The van der Waals surface area contributed by atoms with Crippen molar-refractivity contribution in [2.45, 2.75) is 39.3 Å². The minimum absolute atomic E-state index is 0.694. The molecule has 1 unspecified atom stereocenters. The predicted octanol–water partition coefficient (Wildman–Crippen LogP) is 2.57. The van der Waals surface area contributed by atoms with Gasteiger partial charge in [-0.3, -0.25) is 4.90 Å². The average Bonchev–Trinajstić information content (AvgIpc) is 2.33. The van der Waals surface area contributed by atoms with Gasteiger partial charge >= 0.3 is 0 Å². The van der Waals surface area contributed by atoms with Gasteiger partial charge in [0.15, 0.2) is 0 Å². The van der Waals surface area contributed by atoms with Gasteiger partial charge < -0.3 is 5.32 Å². The third-order valence-electron chi connectivity index (χ3n) is 3.50. The maximum Gasteiger partial charge on any atom is 0.0234 e. The van der Waals surface area contributed by atoms with Crippen molar-refractivity contribution < 1.29 is 0 Å². The quantitative estimate of drug-likeness (QED) is 0.858. The van der Waals surface area contributed by atoms with E-state index in [0.29, 0.717) is 6.04 Å². The molecule has 1 aliphatic rings. The molecule has 2 rings (SSSR count). The Kier molecular flexibility index (Phi) is 4.57. The molecule has 0 aromatic heterocycles. The smallest absolute Gasteiger partial charge is 0.0234 e. The van der Waals surface area contributed by atoms with E-state index in [-0.39, 0.29) is 0 Å². The van der Waals surface area contributed by atoms with E-state index in [1.54, 1.807) is 0 Å². The van der Waals surface area contributed by atoms with E-state index >= 15 is 0 Å². The van der Waals surface area contributed by atoms with E-state index in [1.807, 2.05) is 0 Å². The fraction of sp³-hybridized carbons (Fsp3) is 0.600. The normalized spacial score (nSPS) is 21.6. The summed E-state index contributed by atoms with van der Waals surface area (Å²) in [5.74, 6) is 0. The first kappa shape index (κ1) is 12.6. The van der Waals surface area contributed by atoms with Crippen LogP contribution in [0.25, 0.3) is 0 Å². The van der Waals surface area contributed by atoms with E-state index in [0.717, 1.165) is 13.1 Å². The van der Waals surface area contributed by atoms with Gasteiger partial charge in [-0.15, -0.1) is 0 Å². The number of aryl methyl sites for hydroxylation is 1. The monoisotopic (exact) mass is 232 g/mol. The van der Waals surface area contributed by atoms with Gasteiger partial charge in [-0.05, 0) is 18.9 Å². The van der Waals surface area contributed by atoms with Gasteiger partial charge in [0.05, 0.1) is 0 Å². The molecule has 1 heterocycles. The van der Waals surface area contributed by atoms with Crippen LogP contribution in [0.5, 0.6) is 0 Å². The Labute approximate surface area is 105 Å². The van der Waals surface area contributed by atoms with Crippen LogP contribution in [0.3, 0.4) is 0 Å². The molecule has 1 aliphatic heterocycles. The Morgan fingerprint density at radius 2 is 2.06 bits per heavy atom. The van der Waals surface area contributed by atoms with Crippen molar-refractivity contribution in [3.05, 3.63) is 35.4 Å². The highest BCUT2D eigenvalue weighted by atomic mass is 15.2. The molecule has 1 aromatic rings. The van der Waals surface area contributed by atoms with E-state index in [2.05, 4.69) is 48.3 Å². The molecule has 1 aromatic carbocycles. The maximum absolute atomic E-state index is 3.60. The molecule has 0 bridgehead atoms. The van der Waals surface area contributed by atoms with Crippen LogP contribution in [-0.4, -0.2) is 30.6 Å². The van der Waals surface area contributed by atoms with E-state index in [9.17, 15) is 0 Å². The first-order chi connectivity index (χ1) is 8.28. The lowest BCUT2D eigenvalue weighted by Crippen LogP contribution is -2.50. The second-order valence-corrected chi connectivity index (χ2v) is 5.16. The lowest BCUT2D eigenvalue weighted by atomic mass is 10.1. The topological polar surface area (TPSA) is 15.3 Å². The Morgan fingerprint density at radius 3 is 2.76 bits per heavy atom. The molecule has 1 saturated heterocycles. The molecular weight excluding hydrogens is 208 g/mol. The highest BCUT2D eigenvalue weighted by Gasteiger charge is 2.18. The van der Waals surface area contributed by atoms with Crippen LogP contribution in [0.2, 0.25) is 0 Å². The van der Waals surface area contributed by atoms with Gasteiger partial charge in [0.25, 0.3) is 0 Å². The number of rotatable bonds is 4. The predicted molar refractivity (Wildman–Crippen MR) is 73.2 cm³/mol. The zero-order valence-corrected chi connectivity index (χ0v) is 11.1. The number of piperazine rings is 1. The van der Waals surface area contributed by atoms with Crippen LogP contribution >= 0.6 is 0 Å². The summed E-state index contributed by atoms with van der Waals surface area (Å²) in [6.07, 6.45) is 2.57. The molecule has 17 heavy (non-hydrogen) atoms. The first-order valence-electron chi connectivity index (χ1n) is 6.79. The standard InChI is InChI=1S/C15H24N2/c1-3-4-15-12-17(10-9-16-15)11-14-7-5-13(2)6-8-14/h5-8,15-16H,3-4,9-12H2,1-2H3. The molecule has 1 atom stereocenters. The summed E-state index contributed by atoms with van der Waals surface area (Å²) >= 11 is 0. The zero-order chi connectivity index (χ0) is 12.1. The van der Waals surface area contributed by atoms with Crippen molar-refractivity contribution in [1.82, 2.24) is 10.2 Å². The van der Waals surface area contributed by atoms with Crippen molar-refractivity contribution in [2.24, 2.45) is 0 Å². The molecular formula is C15H24N2. The molecule has 2 nitrogen and oxygen atoms in total. The molecule has 0 aliphatic carbocycles. The van der Waals surface area contributed by atoms with Gasteiger partial charge in [0.2, 0.25) is 0 Å². The Balaban J connectivity index is 1.87. The number of benzene rings is 1. The highest BCUT2D eigenvalue weighted by Crippen LogP contribution is 2.10. The van der Waals surface area contributed by atoms with Gasteiger partial charge in [-0.2, -0.15) is 0 Å². The molecule has 1 N–H and O–H groups in total. The molecule has 0 radical (unpaired) electrons. The summed E-state index contributed by atoms with van der Waals surface area (Å²) in [5.41, 5.74) is 2.78. The average molecular weight is 232 g/mol. The summed E-state index contributed by atoms with van der Waals surface area (Å²) in [4.78, 5) is 2.57. The largest absolute Gasteiger partial charge is 0.311 e. The fourth-order valence-corrected chi connectivity index (χ4v) is 2.53. The summed E-state index contributed by atoms with van der Waals surface area (Å²) in [6, 6.07) is 9.62. The Bertz CT molecular complexity index is 329. The molecule has 0 spiro atoms. The van der Waals surface area contributed by atoms with Crippen LogP contribution < -0.4 is 5.32 Å². The van der Waals surface area contributed by atoms with Crippen LogP contribution in [0, 0.1) is 6.92 Å². The second kappa shape index (κ2) is 6.18. The van der Waals surface area contributed by atoms with Crippen LogP contribution in [0.1, 0.15) is 30.9 Å². The van der Waals surface area contributed by atoms with E-state index in [4.69, 9.17) is 0 Å². The third-order valence-corrected chi connectivity index (χ3v) is 3.50. The fourth-order valence-electron chi connectivity index (χ4n) is 2.53. The lowest BCUT2D eigenvalue weighted by molar-refractivity contribution is 0.187. The maximum atomic E-state index is 3.60. The minimum Gasteiger partial charge on any atom is -0.311 e. The lowest BCUT2D eigenvalue weighted by Gasteiger charge is -2.33. The van der Waals surface area contributed by atoms with E-state index < -0.39 is 0 Å². The third kappa shape index (κ3) is 3.83. The van der Waals surface area contributed by atoms with Crippen molar-refractivity contribution in [2.75, 3.05) is 19.6 Å². The van der Waals surface area contributed by atoms with Crippen LogP contribution in [-0.2, 0) is 6.54 Å². The summed E-state index contributed by atoms with van der Waals surface area (Å²) < 4.78 is 0. The molecule has 1 fully saturated rings. The Hall–Kier alpha value is -0.860.